The van der Waals surface area contributed by atoms with E-state index in [4.69, 9.17) is 4.74 Å². The van der Waals surface area contributed by atoms with Gasteiger partial charge in [0.25, 0.3) is 0 Å². The van der Waals surface area contributed by atoms with Gasteiger partial charge in [0.1, 0.15) is 0 Å². The highest BCUT2D eigenvalue weighted by Crippen LogP contribution is 2.40. The van der Waals surface area contributed by atoms with Crippen LogP contribution in [-0.4, -0.2) is 18.1 Å². The monoisotopic (exact) mass is 419 g/mol. The minimum absolute atomic E-state index is 0.351. The molecule has 0 amide bonds. The lowest BCUT2D eigenvalue weighted by Crippen LogP contribution is -2.05. The zero-order valence-electron chi connectivity index (χ0n) is 18.1. The molecular weight excluding hydrogens is 394 g/mol. The number of nitrogens with one attached hydrogen (secondary N) is 1. The van der Waals surface area contributed by atoms with Gasteiger partial charge in [0.2, 0.25) is 0 Å². The Morgan fingerprint density at radius 3 is 2.59 bits per heavy atom. The van der Waals surface area contributed by atoms with Crippen LogP contribution in [0.5, 0.6) is 0 Å². The molecule has 5 rings (SSSR count). The Morgan fingerprint density at radius 2 is 1.75 bits per heavy atom. The Morgan fingerprint density at radius 1 is 0.938 bits per heavy atom. The van der Waals surface area contributed by atoms with Crippen LogP contribution in [0.1, 0.15) is 40.7 Å². The Bertz CT molecular complexity index is 1340. The highest BCUT2D eigenvalue weighted by Gasteiger charge is 2.20. The zero-order chi connectivity index (χ0) is 21.9. The van der Waals surface area contributed by atoms with Gasteiger partial charge in [-0.3, -0.25) is 0 Å². The number of allylic oxidation sites excluding steroid dienone is 1. The molecule has 0 unspecified atom stereocenters. The number of benzene rings is 3. The molecule has 3 aromatic carbocycles. The average molecular weight is 420 g/mol. The SMILES string of the molecule is COC(=O)/C=C/c1ccc(/C(=C2/CCCc3ccccc32)c2ccc3[nH]ccc3c2)cc1. The number of ether oxygens (including phenoxy) is 1. The largest absolute Gasteiger partial charge is 0.466 e. The van der Waals surface area contributed by atoms with Crippen LogP contribution >= 0.6 is 0 Å². The Balaban J connectivity index is 1.66. The van der Waals surface area contributed by atoms with Gasteiger partial charge < -0.3 is 9.72 Å². The van der Waals surface area contributed by atoms with E-state index in [-0.39, 0.29) is 5.97 Å². The molecule has 0 bridgehead atoms. The van der Waals surface area contributed by atoms with E-state index in [1.807, 2.05) is 6.20 Å². The summed E-state index contributed by atoms with van der Waals surface area (Å²) in [5.74, 6) is -0.351. The molecule has 3 heteroatoms. The molecule has 1 heterocycles. The maximum absolute atomic E-state index is 11.4. The lowest BCUT2D eigenvalue weighted by molar-refractivity contribution is -0.134. The molecule has 0 saturated carbocycles. The van der Waals surface area contributed by atoms with Crippen LogP contribution in [0.4, 0.5) is 0 Å². The van der Waals surface area contributed by atoms with E-state index in [1.165, 1.54) is 52.0 Å². The van der Waals surface area contributed by atoms with Crippen molar-refractivity contribution in [1.82, 2.24) is 4.98 Å². The van der Waals surface area contributed by atoms with Gasteiger partial charge in [-0.1, -0.05) is 54.6 Å². The number of hydrogen-bond donors (Lipinski definition) is 1. The highest BCUT2D eigenvalue weighted by atomic mass is 16.5. The second-order valence-corrected chi connectivity index (χ2v) is 8.12. The summed E-state index contributed by atoms with van der Waals surface area (Å²) in [6.07, 6.45) is 8.56. The number of methoxy groups -OCH3 is 1. The van der Waals surface area contributed by atoms with Gasteiger partial charge >= 0.3 is 5.97 Å². The molecule has 158 valence electrons. The maximum atomic E-state index is 11.4. The van der Waals surface area contributed by atoms with E-state index in [1.54, 1.807) is 6.08 Å². The average Bonchev–Trinajstić information content (AvgIpc) is 3.32. The van der Waals surface area contributed by atoms with E-state index >= 15 is 0 Å². The summed E-state index contributed by atoms with van der Waals surface area (Å²) in [6, 6.07) is 26.0. The van der Waals surface area contributed by atoms with E-state index < -0.39 is 0 Å². The number of carbonyl (C=O) groups excluding carboxylic acids is 1. The lowest BCUT2D eigenvalue weighted by Gasteiger charge is -2.24. The topological polar surface area (TPSA) is 42.1 Å². The molecule has 1 aromatic heterocycles. The molecular formula is C29H25NO2. The number of aromatic nitrogens is 1. The molecule has 1 N–H and O–H groups in total. The van der Waals surface area contributed by atoms with Crippen molar-refractivity contribution in [2.24, 2.45) is 0 Å². The quantitative estimate of drug-likeness (QED) is 0.297. The van der Waals surface area contributed by atoms with Gasteiger partial charge in [-0.15, -0.1) is 0 Å². The fourth-order valence-electron chi connectivity index (χ4n) is 4.60. The standard InChI is InChI=1S/C29H25NO2/c1-32-28(31)16-11-20-9-12-22(13-10-20)29(24-14-15-27-23(19-24)17-18-30-27)26-8-4-6-21-5-2-3-7-25(21)26/h2-3,5,7,9-19,30H,4,6,8H2,1H3/b16-11+,29-26+. The fourth-order valence-corrected chi connectivity index (χ4v) is 4.60. The Hall–Kier alpha value is -3.85. The van der Waals surface area contributed by atoms with Crippen molar-refractivity contribution in [3.8, 4) is 0 Å². The highest BCUT2D eigenvalue weighted by molar-refractivity contribution is 6.01. The molecule has 0 spiro atoms. The van der Waals surface area contributed by atoms with Gasteiger partial charge in [-0.25, -0.2) is 4.79 Å². The number of aromatic amines is 1. The second-order valence-electron chi connectivity index (χ2n) is 8.12. The van der Waals surface area contributed by atoms with Crippen LogP contribution in [0.3, 0.4) is 0 Å². The number of esters is 1. The smallest absolute Gasteiger partial charge is 0.330 e. The minimum atomic E-state index is -0.351. The summed E-state index contributed by atoms with van der Waals surface area (Å²) in [5.41, 5.74) is 9.98. The number of carbonyl (C=O) groups is 1. The molecule has 0 radical (unpaired) electrons. The first kappa shape index (κ1) is 20.1. The predicted octanol–water partition coefficient (Wildman–Crippen LogP) is 6.65. The van der Waals surface area contributed by atoms with Gasteiger partial charge in [0, 0.05) is 17.8 Å². The van der Waals surface area contributed by atoms with Gasteiger partial charge in [-0.05, 0) is 87.9 Å². The zero-order valence-corrected chi connectivity index (χ0v) is 18.1. The van der Waals surface area contributed by atoms with Crippen LogP contribution in [0.25, 0.3) is 28.1 Å². The molecule has 0 saturated heterocycles. The summed E-state index contributed by atoms with van der Waals surface area (Å²) in [7, 11) is 1.39. The van der Waals surface area contributed by atoms with Crippen LogP contribution in [0, 0.1) is 0 Å². The molecule has 32 heavy (non-hydrogen) atoms. The first-order valence-corrected chi connectivity index (χ1v) is 11.0. The third-order valence-electron chi connectivity index (χ3n) is 6.17. The molecule has 0 aliphatic heterocycles. The third-order valence-corrected chi connectivity index (χ3v) is 6.17. The second kappa shape index (κ2) is 8.72. The molecule has 1 aliphatic rings. The van der Waals surface area contributed by atoms with E-state index in [0.717, 1.165) is 30.3 Å². The van der Waals surface area contributed by atoms with Crippen LogP contribution in [0.2, 0.25) is 0 Å². The first-order valence-electron chi connectivity index (χ1n) is 11.0. The van der Waals surface area contributed by atoms with E-state index in [9.17, 15) is 4.79 Å². The summed E-state index contributed by atoms with van der Waals surface area (Å²) in [4.78, 5) is 14.7. The van der Waals surface area contributed by atoms with E-state index in [0.29, 0.717) is 0 Å². The lowest BCUT2D eigenvalue weighted by atomic mass is 9.81. The molecule has 1 aliphatic carbocycles. The van der Waals surface area contributed by atoms with Gasteiger partial charge in [0.05, 0.1) is 7.11 Å². The Kier molecular flexibility index (Phi) is 5.47. The summed E-state index contributed by atoms with van der Waals surface area (Å²) in [5, 5.41) is 1.21. The molecule has 3 nitrogen and oxygen atoms in total. The van der Waals surface area contributed by atoms with Gasteiger partial charge in [-0.2, -0.15) is 0 Å². The number of aryl methyl sites for hydroxylation is 1. The summed E-state index contributed by atoms with van der Waals surface area (Å²) < 4.78 is 4.70. The van der Waals surface area contributed by atoms with Gasteiger partial charge in [0.15, 0.2) is 0 Å². The van der Waals surface area contributed by atoms with Crippen molar-refractivity contribution < 1.29 is 9.53 Å². The third kappa shape index (κ3) is 3.90. The van der Waals surface area contributed by atoms with Crippen molar-refractivity contribution in [2.45, 2.75) is 19.3 Å². The number of hydrogen-bond acceptors (Lipinski definition) is 2. The van der Waals surface area contributed by atoms with Crippen LogP contribution in [0.15, 0.2) is 85.1 Å². The maximum Gasteiger partial charge on any atom is 0.330 e. The fraction of sp³-hybridized carbons (Fsp3) is 0.138. The number of rotatable bonds is 4. The molecule has 0 fully saturated rings. The number of fused-ring (bicyclic) bond motifs is 2. The van der Waals surface area contributed by atoms with Crippen LogP contribution < -0.4 is 0 Å². The summed E-state index contributed by atoms with van der Waals surface area (Å²) >= 11 is 0. The summed E-state index contributed by atoms with van der Waals surface area (Å²) in [6.45, 7) is 0. The number of H-pyrrole nitrogens is 1. The van der Waals surface area contributed by atoms with Crippen molar-refractivity contribution >= 4 is 34.1 Å². The van der Waals surface area contributed by atoms with Crippen LogP contribution in [-0.2, 0) is 16.0 Å². The van der Waals surface area contributed by atoms with Crippen molar-refractivity contribution in [2.75, 3.05) is 7.11 Å². The molecule has 0 atom stereocenters. The predicted molar refractivity (Wildman–Crippen MR) is 131 cm³/mol. The minimum Gasteiger partial charge on any atom is -0.466 e. The van der Waals surface area contributed by atoms with E-state index in [2.05, 4.69) is 77.8 Å². The van der Waals surface area contributed by atoms with Crippen molar-refractivity contribution in [1.29, 1.82) is 0 Å². The van der Waals surface area contributed by atoms with Crippen molar-refractivity contribution in [3.63, 3.8) is 0 Å². The molecule has 4 aromatic rings. The van der Waals surface area contributed by atoms with Crippen molar-refractivity contribution in [3.05, 3.63) is 113 Å². The Labute approximate surface area is 188 Å². The normalized spacial score (nSPS) is 15.0. The first-order chi connectivity index (χ1) is 15.7.